The molecule has 0 N–H and O–H groups in total. The van der Waals surface area contributed by atoms with Gasteiger partial charge in [0.05, 0.1) is 0 Å². The highest BCUT2D eigenvalue weighted by Crippen LogP contribution is 2.38. The number of esters is 2. The molecular formula is C20H36O4. The van der Waals surface area contributed by atoms with Crippen molar-refractivity contribution >= 4 is 11.9 Å². The quantitative estimate of drug-likeness (QED) is 0.353. The fourth-order valence-corrected chi connectivity index (χ4v) is 3.64. The summed E-state index contributed by atoms with van der Waals surface area (Å²) in [5.41, 5.74) is 0. The summed E-state index contributed by atoms with van der Waals surface area (Å²) in [7, 11) is 0. The normalized spacial score (nSPS) is 19.5. The van der Waals surface area contributed by atoms with E-state index in [2.05, 4.69) is 27.7 Å². The molecule has 0 spiro atoms. The molecule has 0 aromatic carbocycles. The number of hydrogen-bond donors (Lipinski definition) is 0. The number of unbranched alkanes of at least 4 members (excludes halogenated alkanes) is 2. The molecule has 1 fully saturated rings. The van der Waals surface area contributed by atoms with E-state index in [-0.39, 0.29) is 6.42 Å². The molecule has 24 heavy (non-hydrogen) atoms. The molecule has 1 heterocycles. The molecule has 0 aromatic rings. The van der Waals surface area contributed by atoms with Gasteiger partial charge in [-0.2, -0.15) is 0 Å². The molecule has 0 radical (unpaired) electrons. The fraction of sp³-hybridized carbons (Fsp3) is 0.900. The minimum atomic E-state index is -1.03. The van der Waals surface area contributed by atoms with Crippen molar-refractivity contribution in [1.29, 1.82) is 0 Å². The summed E-state index contributed by atoms with van der Waals surface area (Å²) in [4.78, 5) is 23.9. The standard InChI is InChI=1S/C20H36O4/c1-5-9-11-16(7-3)14-20(15-17(8-4)12-10-6-2)23-18(21)13-19(22)24-20/h16-17H,5-15H2,1-4H3. The Hall–Kier alpha value is -1.06. The van der Waals surface area contributed by atoms with Crippen LogP contribution in [0.2, 0.25) is 0 Å². The Balaban J connectivity index is 2.89. The van der Waals surface area contributed by atoms with Gasteiger partial charge in [-0.05, 0) is 11.8 Å². The Labute approximate surface area is 147 Å². The van der Waals surface area contributed by atoms with E-state index in [9.17, 15) is 9.59 Å². The van der Waals surface area contributed by atoms with Crippen LogP contribution < -0.4 is 0 Å². The third kappa shape index (κ3) is 6.82. The van der Waals surface area contributed by atoms with Crippen LogP contribution in [0.15, 0.2) is 0 Å². The Morgan fingerprint density at radius 3 is 1.58 bits per heavy atom. The maximum atomic E-state index is 11.9. The van der Waals surface area contributed by atoms with Crippen molar-refractivity contribution in [2.45, 2.75) is 104 Å². The smallest absolute Gasteiger partial charge is 0.320 e. The van der Waals surface area contributed by atoms with Gasteiger partial charge in [-0.15, -0.1) is 0 Å². The molecule has 2 unspecified atom stereocenters. The van der Waals surface area contributed by atoms with E-state index in [1.54, 1.807) is 0 Å². The zero-order valence-electron chi connectivity index (χ0n) is 16.1. The van der Waals surface area contributed by atoms with Crippen molar-refractivity contribution in [2.75, 3.05) is 0 Å². The maximum Gasteiger partial charge on any atom is 0.320 e. The Kier molecular flexibility index (Phi) is 9.38. The van der Waals surface area contributed by atoms with E-state index in [1.165, 1.54) is 0 Å². The second-order valence-electron chi connectivity index (χ2n) is 7.28. The Morgan fingerprint density at radius 1 is 0.833 bits per heavy atom. The summed E-state index contributed by atoms with van der Waals surface area (Å²) in [6.45, 7) is 8.69. The number of rotatable bonds is 12. The van der Waals surface area contributed by atoms with Crippen LogP contribution in [0.25, 0.3) is 0 Å². The van der Waals surface area contributed by atoms with Gasteiger partial charge >= 0.3 is 11.9 Å². The van der Waals surface area contributed by atoms with Gasteiger partial charge in [-0.1, -0.05) is 79.1 Å². The van der Waals surface area contributed by atoms with Crippen molar-refractivity contribution < 1.29 is 19.1 Å². The summed E-state index contributed by atoms with van der Waals surface area (Å²) in [5, 5.41) is 0. The monoisotopic (exact) mass is 340 g/mol. The highest BCUT2D eigenvalue weighted by molar-refractivity contribution is 5.93. The third-order valence-corrected chi connectivity index (χ3v) is 5.17. The SMILES string of the molecule is CCCCC(CC)CC1(CC(CC)CCCC)OC(=O)CC(=O)O1. The van der Waals surface area contributed by atoms with Gasteiger partial charge in [-0.25, -0.2) is 0 Å². The lowest BCUT2D eigenvalue weighted by Gasteiger charge is -2.40. The molecule has 0 aromatic heterocycles. The summed E-state index contributed by atoms with van der Waals surface area (Å²) < 4.78 is 11.4. The molecule has 0 aliphatic carbocycles. The maximum absolute atomic E-state index is 11.9. The first kappa shape index (κ1) is 21.0. The van der Waals surface area contributed by atoms with Gasteiger partial charge < -0.3 is 9.47 Å². The molecule has 0 bridgehead atoms. The molecule has 1 saturated heterocycles. The second kappa shape index (κ2) is 10.7. The van der Waals surface area contributed by atoms with Gasteiger partial charge in [0.2, 0.25) is 0 Å². The summed E-state index contributed by atoms with van der Waals surface area (Å²) in [6, 6.07) is 0. The molecule has 1 aliphatic heterocycles. The van der Waals surface area contributed by atoms with Crippen LogP contribution in [0.3, 0.4) is 0 Å². The van der Waals surface area contributed by atoms with E-state index < -0.39 is 17.7 Å². The van der Waals surface area contributed by atoms with Crippen LogP contribution in [0.1, 0.15) is 98.3 Å². The van der Waals surface area contributed by atoms with Crippen LogP contribution >= 0.6 is 0 Å². The number of hydrogen-bond acceptors (Lipinski definition) is 4. The average Bonchev–Trinajstić information content (AvgIpc) is 2.54. The van der Waals surface area contributed by atoms with Gasteiger partial charge in [0.1, 0.15) is 6.42 Å². The first-order valence-electron chi connectivity index (χ1n) is 9.92. The molecule has 140 valence electrons. The highest BCUT2D eigenvalue weighted by atomic mass is 16.7. The average molecular weight is 341 g/mol. The zero-order valence-corrected chi connectivity index (χ0v) is 16.1. The van der Waals surface area contributed by atoms with Crippen LogP contribution in [0, 0.1) is 11.8 Å². The predicted molar refractivity (Wildman–Crippen MR) is 95.4 cm³/mol. The van der Waals surface area contributed by atoms with Crippen LogP contribution in [0.4, 0.5) is 0 Å². The Bertz CT molecular complexity index is 355. The van der Waals surface area contributed by atoms with Gasteiger partial charge in [0.15, 0.2) is 0 Å². The van der Waals surface area contributed by atoms with E-state index in [4.69, 9.17) is 9.47 Å². The van der Waals surface area contributed by atoms with Gasteiger partial charge in [0, 0.05) is 12.8 Å². The van der Waals surface area contributed by atoms with Crippen molar-refractivity contribution in [3.8, 4) is 0 Å². The van der Waals surface area contributed by atoms with E-state index in [0.29, 0.717) is 24.7 Å². The van der Waals surface area contributed by atoms with Crippen LogP contribution in [-0.4, -0.2) is 17.7 Å². The number of carbonyl (C=O) groups is 2. The van der Waals surface area contributed by atoms with Crippen molar-refractivity contribution in [3.63, 3.8) is 0 Å². The lowest BCUT2D eigenvalue weighted by Crippen LogP contribution is -2.47. The van der Waals surface area contributed by atoms with Gasteiger partial charge in [0.25, 0.3) is 5.79 Å². The zero-order chi connectivity index (χ0) is 18.0. The number of cyclic esters (lactones) is 2. The van der Waals surface area contributed by atoms with E-state index in [0.717, 1.165) is 51.4 Å². The molecule has 1 rings (SSSR count). The molecule has 0 amide bonds. The largest absolute Gasteiger partial charge is 0.422 e. The fourth-order valence-electron chi connectivity index (χ4n) is 3.64. The number of carbonyl (C=O) groups excluding carboxylic acids is 2. The summed E-state index contributed by atoms with van der Waals surface area (Å²) in [6.07, 6.45) is 9.87. The second-order valence-corrected chi connectivity index (χ2v) is 7.28. The predicted octanol–water partition coefficient (Wildman–Crippen LogP) is 5.39. The first-order chi connectivity index (χ1) is 11.5. The van der Waals surface area contributed by atoms with E-state index >= 15 is 0 Å². The molecule has 4 nitrogen and oxygen atoms in total. The van der Waals surface area contributed by atoms with Crippen molar-refractivity contribution in [2.24, 2.45) is 11.8 Å². The van der Waals surface area contributed by atoms with Crippen molar-refractivity contribution in [1.82, 2.24) is 0 Å². The molecule has 4 heteroatoms. The topological polar surface area (TPSA) is 52.6 Å². The highest BCUT2D eigenvalue weighted by Gasteiger charge is 2.45. The minimum Gasteiger partial charge on any atom is -0.422 e. The lowest BCUT2D eigenvalue weighted by atomic mass is 9.84. The summed E-state index contributed by atoms with van der Waals surface area (Å²) in [5.74, 6) is -1.04. The molecule has 1 aliphatic rings. The molecule has 2 atom stereocenters. The van der Waals surface area contributed by atoms with Crippen LogP contribution in [-0.2, 0) is 19.1 Å². The lowest BCUT2D eigenvalue weighted by molar-refractivity contribution is -0.255. The minimum absolute atomic E-state index is 0.251. The van der Waals surface area contributed by atoms with Crippen LogP contribution in [0.5, 0.6) is 0 Å². The third-order valence-electron chi connectivity index (χ3n) is 5.17. The number of ether oxygens (including phenoxy) is 2. The molecule has 0 saturated carbocycles. The van der Waals surface area contributed by atoms with Crippen molar-refractivity contribution in [3.05, 3.63) is 0 Å². The molecular weight excluding hydrogens is 304 g/mol. The van der Waals surface area contributed by atoms with Gasteiger partial charge in [-0.3, -0.25) is 9.59 Å². The Morgan fingerprint density at radius 2 is 1.25 bits per heavy atom. The first-order valence-corrected chi connectivity index (χ1v) is 9.92. The summed E-state index contributed by atoms with van der Waals surface area (Å²) >= 11 is 0. The van der Waals surface area contributed by atoms with E-state index in [1.807, 2.05) is 0 Å².